The second kappa shape index (κ2) is 6.50. The molecular weight excluding hydrogens is 309 g/mol. The highest BCUT2D eigenvalue weighted by Gasteiger charge is 2.06. The summed E-state index contributed by atoms with van der Waals surface area (Å²) in [6, 6.07) is 10.7. The lowest BCUT2D eigenvalue weighted by Crippen LogP contribution is -2.09. The van der Waals surface area contributed by atoms with Crippen LogP contribution in [0.15, 0.2) is 64.0 Å². The molecule has 1 amide bonds. The molecule has 24 heavy (non-hydrogen) atoms. The molecule has 1 heterocycles. The van der Waals surface area contributed by atoms with Gasteiger partial charge in [-0.1, -0.05) is 11.6 Å². The first kappa shape index (κ1) is 15.7. The quantitative estimate of drug-likeness (QED) is 0.744. The normalized spacial score (nSPS) is 11.1. The summed E-state index contributed by atoms with van der Waals surface area (Å²) in [5.74, 6) is -0.807. The molecule has 4 nitrogen and oxygen atoms in total. The first-order chi connectivity index (χ1) is 11.5. The summed E-state index contributed by atoms with van der Waals surface area (Å²) in [6.07, 6.45) is 3.95. The molecule has 0 aliphatic carbocycles. The van der Waals surface area contributed by atoms with Gasteiger partial charge in [-0.05, 0) is 49.4 Å². The number of hydrogen-bond donors (Lipinski definition) is 1. The lowest BCUT2D eigenvalue weighted by Gasteiger charge is -2.02. The van der Waals surface area contributed by atoms with Crippen molar-refractivity contribution in [3.8, 4) is 0 Å². The van der Waals surface area contributed by atoms with Gasteiger partial charge in [0.25, 0.3) is 0 Å². The van der Waals surface area contributed by atoms with E-state index in [4.69, 9.17) is 4.42 Å². The van der Waals surface area contributed by atoms with Gasteiger partial charge in [0.05, 0.1) is 10.9 Å². The van der Waals surface area contributed by atoms with Gasteiger partial charge in [0.15, 0.2) is 5.43 Å². The highest BCUT2D eigenvalue weighted by molar-refractivity contribution is 6.02. The zero-order chi connectivity index (χ0) is 17.1. The summed E-state index contributed by atoms with van der Waals surface area (Å²) in [7, 11) is 0. The van der Waals surface area contributed by atoms with Gasteiger partial charge in [-0.2, -0.15) is 0 Å². The van der Waals surface area contributed by atoms with Crippen LogP contribution in [0.5, 0.6) is 0 Å². The van der Waals surface area contributed by atoms with E-state index in [1.165, 1.54) is 42.7 Å². The minimum absolute atomic E-state index is 0.203. The highest BCUT2D eigenvalue weighted by Crippen LogP contribution is 2.14. The van der Waals surface area contributed by atoms with Crippen molar-refractivity contribution in [1.82, 2.24) is 0 Å². The topological polar surface area (TPSA) is 59.3 Å². The van der Waals surface area contributed by atoms with Crippen LogP contribution < -0.4 is 10.7 Å². The summed E-state index contributed by atoms with van der Waals surface area (Å²) in [4.78, 5) is 24.3. The summed E-state index contributed by atoms with van der Waals surface area (Å²) >= 11 is 0. The zero-order valence-electron chi connectivity index (χ0n) is 12.9. The van der Waals surface area contributed by atoms with Gasteiger partial charge in [0, 0.05) is 11.8 Å². The molecule has 0 fully saturated rings. The van der Waals surface area contributed by atoms with Gasteiger partial charge in [-0.3, -0.25) is 9.59 Å². The van der Waals surface area contributed by atoms with E-state index < -0.39 is 5.91 Å². The maximum absolute atomic E-state index is 12.8. The monoisotopic (exact) mass is 323 g/mol. The van der Waals surface area contributed by atoms with Crippen molar-refractivity contribution in [2.75, 3.05) is 5.32 Å². The van der Waals surface area contributed by atoms with E-state index in [0.717, 1.165) is 5.56 Å². The van der Waals surface area contributed by atoms with E-state index in [0.29, 0.717) is 16.7 Å². The van der Waals surface area contributed by atoms with Crippen molar-refractivity contribution in [1.29, 1.82) is 0 Å². The molecule has 0 aliphatic heterocycles. The van der Waals surface area contributed by atoms with Crippen molar-refractivity contribution in [2.45, 2.75) is 6.92 Å². The fourth-order valence-corrected chi connectivity index (χ4v) is 2.26. The number of amides is 1. The molecule has 0 bridgehead atoms. The molecular formula is C19H14FNO3. The van der Waals surface area contributed by atoms with Gasteiger partial charge in [0.1, 0.15) is 17.7 Å². The van der Waals surface area contributed by atoms with Crippen LogP contribution in [0.4, 0.5) is 10.1 Å². The summed E-state index contributed by atoms with van der Waals surface area (Å²) in [5, 5.41) is 3.05. The zero-order valence-corrected chi connectivity index (χ0v) is 12.9. The molecule has 0 unspecified atom stereocenters. The van der Waals surface area contributed by atoms with E-state index in [2.05, 4.69) is 5.32 Å². The van der Waals surface area contributed by atoms with Crippen LogP contribution in [0.2, 0.25) is 0 Å². The van der Waals surface area contributed by atoms with Crippen molar-refractivity contribution < 1.29 is 13.6 Å². The molecule has 0 spiro atoms. The first-order valence-electron chi connectivity index (χ1n) is 7.30. The molecule has 3 aromatic rings. The van der Waals surface area contributed by atoms with E-state index in [1.807, 2.05) is 13.0 Å². The van der Waals surface area contributed by atoms with Crippen LogP contribution in [0.3, 0.4) is 0 Å². The summed E-state index contributed by atoms with van der Waals surface area (Å²) in [5.41, 5.74) is 1.99. The molecule has 0 radical (unpaired) electrons. The van der Waals surface area contributed by atoms with E-state index in [9.17, 15) is 14.0 Å². The SMILES string of the molecule is Cc1ccc2occ(/C=C/C(=O)Nc3ccc(F)cc3)c(=O)c2c1. The van der Waals surface area contributed by atoms with Crippen LogP contribution in [-0.2, 0) is 4.79 Å². The number of carbonyl (C=O) groups is 1. The van der Waals surface area contributed by atoms with Gasteiger partial charge >= 0.3 is 0 Å². The Morgan fingerprint density at radius 3 is 2.67 bits per heavy atom. The highest BCUT2D eigenvalue weighted by atomic mass is 19.1. The third-order valence-electron chi connectivity index (χ3n) is 3.48. The minimum Gasteiger partial charge on any atom is -0.463 e. The summed E-state index contributed by atoms with van der Waals surface area (Å²) in [6.45, 7) is 1.89. The molecule has 3 rings (SSSR count). The van der Waals surface area contributed by atoms with Gasteiger partial charge in [-0.25, -0.2) is 4.39 Å². The number of aryl methyl sites for hydroxylation is 1. The summed E-state index contributed by atoms with van der Waals surface area (Å²) < 4.78 is 18.2. The van der Waals surface area contributed by atoms with Crippen LogP contribution in [0.25, 0.3) is 17.0 Å². The molecule has 2 aromatic carbocycles. The van der Waals surface area contributed by atoms with Gasteiger partial charge in [0.2, 0.25) is 5.91 Å². The maximum Gasteiger partial charge on any atom is 0.248 e. The largest absolute Gasteiger partial charge is 0.463 e. The minimum atomic E-state index is -0.426. The number of anilines is 1. The Kier molecular flexibility index (Phi) is 4.24. The van der Waals surface area contributed by atoms with E-state index in [-0.39, 0.29) is 16.8 Å². The van der Waals surface area contributed by atoms with Crippen LogP contribution in [-0.4, -0.2) is 5.91 Å². The predicted octanol–water partition coefficient (Wildman–Crippen LogP) is 3.89. The molecule has 0 aliphatic rings. The Balaban J connectivity index is 1.82. The third kappa shape index (κ3) is 3.41. The molecule has 1 aromatic heterocycles. The molecule has 120 valence electrons. The Morgan fingerprint density at radius 2 is 1.92 bits per heavy atom. The fraction of sp³-hybridized carbons (Fsp3) is 0.0526. The second-order valence-electron chi connectivity index (χ2n) is 5.35. The Labute approximate surface area is 137 Å². The second-order valence-corrected chi connectivity index (χ2v) is 5.35. The number of benzene rings is 2. The van der Waals surface area contributed by atoms with Crippen molar-refractivity contribution in [3.63, 3.8) is 0 Å². The number of fused-ring (bicyclic) bond motifs is 1. The number of rotatable bonds is 3. The lowest BCUT2D eigenvalue weighted by atomic mass is 10.1. The fourth-order valence-electron chi connectivity index (χ4n) is 2.26. The molecule has 0 atom stereocenters. The first-order valence-corrected chi connectivity index (χ1v) is 7.30. The van der Waals surface area contributed by atoms with Crippen molar-refractivity contribution >= 4 is 28.6 Å². The number of nitrogens with one attached hydrogen (secondary N) is 1. The Bertz CT molecular complexity index is 988. The predicted molar refractivity (Wildman–Crippen MR) is 91.3 cm³/mol. The molecule has 5 heteroatoms. The van der Waals surface area contributed by atoms with Crippen LogP contribution >= 0.6 is 0 Å². The van der Waals surface area contributed by atoms with Crippen molar-refractivity contribution in [3.05, 3.63) is 82.0 Å². The Morgan fingerprint density at radius 1 is 1.17 bits per heavy atom. The average Bonchev–Trinajstić information content (AvgIpc) is 2.57. The number of hydrogen-bond acceptors (Lipinski definition) is 3. The molecule has 1 N–H and O–H groups in total. The van der Waals surface area contributed by atoms with Crippen molar-refractivity contribution in [2.24, 2.45) is 0 Å². The standard InChI is InChI=1S/C19H14FNO3/c1-12-2-8-17-16(10-12)19(23)13(11-24-17)3-9-18(22)21-15-6-4-14(20)5-7-15/h2-11H,1H3,(H,21,22)/b9-3+. The van der Waals surface area contributed by atoms with Crippen LogP contribution in [0.1, 0.15) is 11.1 Å². The van der Waals surface area contributed by atoms with Gasteiger partial charge < -0.3 is 9.73 Å². The van der Waals surface area contributed by atoms with E-state index >= 15 is 0 Å². The Hall–Kier alpha value is -3.21. The number of carbonyl (C=O) groups excluding carboxylic acids is 1. The lowest BCUT2D eigenvalue weighted by molar-refractivity contribution is -0.111. The maximum atomic E-state index is 12.8. The molecule has 0 saturated carbocycles. The van der Waals surface area contributed by atoms with Gasteiger partial charge in [-0.15, -0.1) is 0 Å². The third-order valence-corrected chi connectivity index (χ3v) is 3.48. The van der Waals surface area contributed by atoms with Crippen LogP contribution in [0, 0.1) is 12.7 Å². The smallest absolute Gasteiger partial charge is 0.248 e. The number of halogens is 1. The van der Waals surface area contributed by atoms with E-state index in [1.54, 1.807) is 12.1 Å². The average molecular weight is 323 g/mol. The molecule has 0 saturated heterocycles.